The van der Waals surface area contributed by atoms with Gasteiger partial charge in [-0.25, -0.2) is 8.42 Å². The highest BCUT2D eigenvalue weighted by Crippen LogP contribution is 2.29. The first kappa shape index (κ1) is 22.7. The van der Waals surface area contributed by atoms with Gasteiger partial charge in [0.1, 0.15) is 0 Å². The molecule has 2 aromatic carbocycles. The molecule has 1 amide bonds. The number of piperazine rings is 1. The van der Waals surface area contributed by atoms with Gasteiger partial charge in [-0.2, -0.15) is 4.31 Å². The molecular formula is C25H31N3O3S. The summed E-state index contributed by atoms with van der Waals surface area (Å²) in [5.74, 6) is 0.00647. The molecule has 32 heavy (non-hydrogen) atoms. The van der Waals surface area contributed by atoms with Crippen molar-refractivity contribution in [3.63, 3.8) is 0 Å². The number of nitrogens with zero attached hydrogens (tertiary/aromatic N) is 2. The zero-order valence-electron chi connectivity index (χ0n) is 18.5. The van der Waals surface area contributed by atoms with E-state index in [4.69, 9.17) is 0 Å². The number of rotatable bonds is 6. The van der Waals surface area contributed by atoms with Crippen LogP contribution in [0.2, 0.25) is 0 Å². The Labute approximate surface area is 191 Å². The Bertz CT molecular complexity index is 1060. The van der Waals surface area contributed by atoms with Crippen LogP contribution >= 0.6 is 0 Å². The topological polar surface area (TPSA) is 69.7 Å². The quantitative estimate of drug-likeness (QED) is 0.729. The van der Waals surface area contributed by atoms with Crippen LogP contribution in [0.15, 0.2) is 60.0 Å². The van der Waals surface area contributed by atoms with E-state index in [-0.39, 0.29) is 18.0 Å². The first-order valence-electron chi connectivity index (χ1n) is 11.3. The zero-order chi connectivity index (χ0) is 22.6. The lowest BCUT2D eigenvalue weighted by Crippen LogP contribution is -2.55. The number of sulfonamides is 1. The van der Waals surface area contributed by atoms with Crippen molar-refractivity contribution >= 4 is 22.0 Å². The van der Waals surface area contributed by atoms with Gasteiger partial charge >= 0.3 is 0 Å². The third-order valence-corrected chi connectivity index (χ3v) is 8.04. The lowest BCUT2D eigenvalue weighted by Gasteiger charge is -2.37. The summed E-state index contributed by atoms with van der Waals surface area (Å²) < 4.78 is 26.9. The number of fused-ring (bicyclic) bond motifs is 1. The maximum Gasteiger partial charge on any atom is 0.237 e. The lowest BCUT2D eigenvalue weighted by molar-refractivity contribution is -0.127. The Kier molecular flexibility index (Phi) is 7.08. The second-order valence-electron chi connectivity index (χ2n) is 8.52. The van der Waals surface area contributed by atoms with Crippen LogP contribution in [0, 0.1) is 0 Å². The van der Waals surface area contributed by atoms with Crippen LogP contribution in [0.4, 0.5) is 0 Å². The Hall–Kier alpha value is -2.48. The van der Waals surface area contributed by atoms with E-state index in [1.165, 1.54) is 20.8 Å². The van der Waals surface area contributed by atoms with Gasteiger partial charge < -0.3 is 5.32 Å². The summed E-state index contributed by atoms with van der Waals surface area (Å²) in [4.78, 5) is 15.0. The van der Waals surface area contributed by atoms with E-state index in [9.17, 15) is 13.2 Å². The maximum absolute atomic E-state index is 13.0. The van der Waals surface area contributed by atoms with E-state index in [1.54, 1.807) is 6.08 Å². The van der Waals surface area contributed by atoms with Gasteiger partial charge in [0.15, 0.2) is 0 Å². The summed E-state index contributed by atoms with van der Waals surface area (Å²) in [5.41, 5.74) is 3.39. The van der Waals surface area contributed by atoms with Gasteiger partial charge in [0.05, 0.1) is 12.1 Å². The van der Waals surface area contributed by atoms with Crippen molar-refractivity contribution in [3.05, 3.63) is 76.7 Å². The molecule has 2 aromatic rings. The van der Waals surface area contributed by atoms with Gasteiger partial charge in [0, 0.05) is 31.6 Å². The Morgan fingerprint density at radius 2 is 1.72 bits per heavy atom. The number of nitrogens with one attached hydrogen (secondary N) is 1. The average Bonchev–Trinajstić information content (AvgIpc) is 2.83. The SMILES string of the molecule is CC(C(=O)NC1CCCc2ccccc21)N1CCN(S(=O)(=O)/C=C/c2ccccc2)CC1. The second kappa shape index (κ2) is 9.98. The first-order chi connectivity index (χ1) is 15.4. The molecule has 0 aromatic heterocycles. The molecule has 6 nitrogen and oxygen atoms in total. The highest BCUT2D eigenvalue weighted by atomic mass is 32.2. The molecule has 0 radical (unpaired) electrons. The van der Waals surface area contributed by atoms with E-state index in [0.717, 1.165) is 24.8 Å². The summed E-state index contributed by atoms with van der Waals surface area (Å²) in [6, 6.07) is 17.5. The van der Waals surface area contributed by atoms with Crippen molar-refractivity contribution in [1.82, 2.24) is 14.5 Å². The highest BCUT2D eigenvalue weighted by molar-refractivity contribution is 7.92. The number of hydrogen-bond acceptors (Lipinski definition) is 4. The minimum absolute atomic E-state index is 0.00647. The lowest BCUT2D eigenvalue weighted by atomic mass is 9.87. The van der Waals surface area contributed by atoms with E-state index in [0.29, 0.717) is 26.2 Å². The van der Waals surface area contributed by atoms with Gasteiger partial charge in [0.2, 0.25) is 15.9 Å². The normalized spacial score (nSPS) is 21.2. The average molecular weight is 454 g/mol. The second-order valence-corrected chi connectivity index (χ2v) is 10.3. The molecule has 1 N–H and O–H groups in total. The Balaban J connectivity index is 1.32. The van der Waals surface area contributed by atoms with Crippen LogP contribution in [0.5, 0.6) is 0 Å². The van der Waals surface area contributed by atoms with Crippen LogP contribution in [0.1, 0.15) is 42.5 Å². The van der Waals surface area contributed by atoms with Crippen LogP contribution in [-0.4, -0.2) is 55.8 Å². The number of aryl methyl sites for hydroxylation is 1. The monoisotopic (exact) mass is 453 g/mol. The highest BCUT2D eigenvalue weighted by Gasteiger charge is 2.31. The minimum Gasteiger partial charge on any atom is -0.348 e. The first-order valence-corrected chi connectivity index (χ1v) is 12.8. The van der Waals surface area contributed by atoms with Crippen LogP contribution < -0.4 is 5.32 Å². The van der Waals surface area contributed by atoms with Crippen molar-refractivity contribution in [2.75, 3.05) is 26.2 Å². The van der Waals surface area contributed by atoms with Crippen molar-refractivity contribution in [2.45, 2.75) is 38.3 Å². The van der Waals surface area contributed by atoms with Crippen LogP contribution in [0.3, 0.4) is 0 Å². The molecule has 0 bridgehead atoms. The van der Waals surface area contributed by atoms with E-state index >= 15 is 0 Å². The molecule has 170 valence electrons. The number of hydrogen-bond donors (Lipinski definition) is 1. The predicted molar refractivity (Wildman–Crippen MR) is 127 cm³/mol. The summed E-state index contributed by atoms with van der Waals surface area (Å²) in [5, 5.41) is 4.50. The van der Waals surface area contributed by atoms with E-state index in [2.05, 4.69) is 22.3 Å². The van der Waals surface area contributed by atoms with Gasteiger partial charge in [-0.3, -0.25) is 9.69 Å². The van der Waals surface area contributed by atoms with Crippen molar-refractivity contribution in [3.8, 4) is 0 Å². The maximum atomic E-state index is 13.0. The van der Waals surface area contributed by atoms with E-state index in [1.807, 2.05) is 49.4 Å². The van der Waals surface area contributed by atoms with Crippen molar-refractivity contribution in [2.24, 2.45) is 0 Å². The van der Waals surface area contributed by atoms with Gasteiger partial charge in [-0.1, -0.05) is 54.6 Å². The van der Waals surface area contributed by atoms with Crippen molar-refractivity contribution < 1.29 is 13.2 Å². The van der Waals surface area contributed by atoms with Gasteiger partial charge in [-0.05, 0) is 49.0 Å². The number of benzene rings is 2. The van der Waals surface area contributed by atoms with E-state index < -0.39 is 10.0 Å². The largest absolute Gasteiger partial charge is 0.348 e. The molecule has 1 aliphatic heterocycles. The van der Waals surface area contributed by atoms with Crippen LogP contribution in [-0.2, 0) is 21.2 Å². The standard InChI is InChI=1S/C25H31N3O3S/c1-20(25(29)26-24-13-7-11-22-10-5-6-12-23(22)24)27-15-17-28(18-16-27)32(30,31)19-14-21-8-3-2-4-9-21/h2-6,8-10,12,14,19-20,24H,7,11,13,15-18H2,1H3,(H,26,29)/b19-14+. The summed E-state index contributed by atoms with van der Waals surface area (Å²) in [6.45, 7) is 3.74. The zero-order valence-corrected chi connectivity index (χ0v) is 19.3. The molecule has 1 fully saturated rings. The third-order valence-electron chi connectivity index (χ3n) is 6.48. The molecule has 1 heterocycles. The predicted octanol–water partition coefficient (Wildman–Crippen LogP) is 3.19. The minimum atomic E-state index is -3.48. The van der Waals surface area contributed by atoms with Gasteiger partial charge in [0.25, 0.3) is 0 Å². The summed E-state index contributed by atoms with van der Waals surface area (Å²) in [6.07, 6.45) is 4.71. The number of carbonyl (C=O) groups excluding carboxylic acids is 1. The summed E-state index contributed by atoms with van der Waals surface area (Å²) in [7, 11) is -3.48. The van der Waals surface area contributed by atoms with Crippen LogP contribution in [0.25, 0.3) is 6.08 Å². The smallest absolute Gasteiger partial charge is 0.237 e. The molecule has 2 atom stereocenters. The Morgan fingerprint density at radius 3 is 2.47 bits per heavy atom. The molecule has 2 unspecified atom stereocenters. The summed E-state index contributed by atoms with van der Waals surface area (Å²) >= 11 is 0. The fourth-order valence-electron chi connectivity index (χ4n) is 4.52. The molecule has 2 aliphatic rings. The number of carbonyl (C=O) groups is 1. The fourth-order valence-corrected chi connectivity index (χ4v) is 5.70. The number of amides is 1. The fraction of sp³-hybridized carbons (Fsp3) is 0.400. The van der Waals surface area contributed by atoms with Crippen molar-refractivity contribution in [1.29, 1.82) is 0 Å². The molecule has 4 rings (SSSR count). The third kappa shape index (κ3) is 5.28. The van der Waals surface area contributed by atoms with Gasteiger partial charge in [-0.15, -0.1) is 0 Å². The molecule has 7 heteroatoms. The molecule has 1 saturated heterocycles. The molecule has 0 saturated carbocycles. The molecule has 1 aliphatic carbocycles. The molecule has 0 spiro atoms. The molecular weight excluding hydrogens is 422 g/mol. The Morgan fingerprint density at radius 1 is 1.03 bits per heavy atom.